The van der Waals surface area contributed by atoms with Crippen molar-refractivity contribution in [2.24, 2.45) is 29.4 Å². The lowest BCUT2D eigenvalue weighted by Crippen LogP contribution is -2.50. The Morgan fingerprint density at radius 2 is 1.78 bits per heavy atom. The van der Waals surface area contributed by atoms with Gasteiger partial charge in [-0.3, -0.25) is 4.79 Å². The summed E-state index contributed by atoms with van der Waals surface area (Å²) in [6, 6.07) is 0.421. The van der Waals surface area contributed by atoms with Gasteiger partial charge in [0.1, 0.15) is 0 Å². The van der Waals surface area contributed by atoms with Crippen LogP contribution in [0.1, 0.15) is 52.9 Å². The molecule has 0 radical (unpaired) electrons. The Labute approximate surface area is 111 Å². The summed E-state index contributed by atoms with van der Waals surface area (Å²) in [6.07, 6.45) is 5.64. The molecule has 2 saturated carbocycles. The molecule has 18 heavy (non-hydrogen) atoms. The summed E-state index contributed by atoms with van der Waals surface area (Å²) >= 11 is 0. The number of amides is 1. The van der Waals surface area contributed by atoms with Gasteiger partial charge < -0.3 is 11.1 Å². The number of carbonyl (C=O) groups excluding carboxylic acids is 1. The third-order valence-corrected chi connectivity index (χ3v) is 5.43. The number of hydrogen-bond donors (Lipinski definition) is 2. The molecular weight excluding hydrogens is 224 g/mol. The van der Waals surface area contributed by atoms with Crippen molar-refractivity contribution in [2.45, 2.75) is 65.0 Å². The predicted molar refractivity (Wildman–Crippen MR) is 74.0 cm³/mol. The van der Waals surface area contributed by atoms with Crippen molar-refractivity contribution < 1.29 is 4.79 Å². The summed E-state index contributed by atoms with van der Waals surface area (Å²) in [4.78, 5) is 12.4. The molecule has 0 bridgehead atoms. The molecule has 0 aromatic carbocycles. The van der Waals surface area contributed by atoms with Crippen molar-refractivity contribution in [3.63, 3.8) is 0 Å². The molecule has 3 nitrogen and oxygen atoms in total. The molecule has 2 aliphatic rings. The highest BCUT2D eigenvalue weighted by molar-refractivity contribution is 5.80. The maximum atomic E-state index is 12.4. The molecule has 3 heteroatoms. The van der Waals surface area contributed by atoms with Gasteiger partial charge in [-0.15, -0.1) is 0 Å². The molecule has 0 saturated heterocycles. The molecule has 0 spiro atoms. The van der Waals surface area contributed by atoms with Gasteiger partial charge in [0.15, 0.2) is 0 Å². The van der Waals surface area contributed by atoms with Gasteiger partial charge in [0.25, 0.3) is 0 Å². The van der Waals surface area contributed by atoms with Crippen LogP contribution in [-0.4, -0.2) is 18.0 Å². The monoisotopic (exact) mass is 252 g/mol. The van der Waals surface area contributed by atoms with Crippen molar-refractivity contribution in [1.29, 1.82) is 0 Å². The van der Waals surface area contributed by atoms with Gasteiger partial charge in [0.2, 0.25) is 5.91 Å². The van der Waals surface area contributed by atoms with E-state index >= 15 is 0 Å². The minimum Gasteiger partial charge on any atom is -0.353 e. The molecule has 2 rings (SSSR count). The first kappa shape index (κ1) is 13.9. The Hall–Kier alpha value is -0.570. The molecule has 0 heterocycles. The van der Waals surface area contributed by atoms with E-state index < -0.39 is 0 Å². The van der Waals surface area contributed by atoms with Gasteiger partial charge in [-0.1, -0.05) is 27.2 Å². The number of rotatable bonds is 2. The quantitative estimate of drug-likeness (QED) is 0.792. The fraction of sp³-hybridized carbons (Fsp3) is 0.933. The molecule has 6 atom stereocenters. The first-order chi connectivity index (χ1) is 8.50. The summed E-state index contributed by atoms with van der Waals surface area (Å²) in [6.45, 7) is 6.71. The topological polar surface area (TPSA) is 55.1 Å². The molecule has 6 unspecified atom stereocenters. The van der Waals surface area contributed by atoms with Crippen LogP contribution in [0.2, 0.25) is 0 Å². The number of nitrogens with two attached hydrogens (primary N) is 1. The fourth-order valence-corrected chi connectivity index (χ4v) is 3.61. The predicted octanol–water partition coefficient (Wildman–Crippen LogP) is 2.30. The van der Waals surface area contributed by atoms with Gasteiger partial charge >= 0.3 is 0 Å². The summed E-state index contributed by atoms with van der Waals surface area (Å²) in [5, 5.41) is 3.26. The molecule has 3 N–H and O–H groups in total. The third-order valence-electron chi connectivity index (χ3n) is 5.43. The highest BCUT2D eigenvalue weighted by Gasteiger charge is 2.36. The van der Waals surface area contributed by atoms with Crippen LogP contribution in [0, 0.1) is 23.7 Å². The number of hydrogen-bond acceptors (Lipinski definition) is 2. The van der Waals surface area contributed by atoms with E-state index in [1.165, 1.54) is 12.8 Å². The summed E-state index contributed by atoms with van der Waals surface area (Å²) in [7, 11) is 0. The Morgan fingerprint density at radius 3 is 2.39 bits per heavy atom. The maximum Gasteiger partial charge on any atom is 0.224 e. The van der Waals surface area contributed by atoms with Crippen molar-refractivity contribution in [3.8, 4) is 0 Å². The average Bonchev–Trinajstić information content (AvgIpc) is 2.64. The second-order valence-electron chi connectivity index (χ2n) is 6.62. The van der Waals surface area contributed by atoms with Crippen LogP contribution >= 0.6 is 0 Å². The lowest BCUT2D eigenvalue weighted by atomic mass is 9.77. The van der Waals surface area contributed by atoms with E-state index in [1.54, 1.807) is 0 Å². The van der Waals surface area contributed by atoms with Crippen LogP contribution in [0.15, 0.2) is 0 Å². The molecule has 2 fully saturated rings. The highest BCUT2D eigenvalue weighted by Crippen LogP contribution is 2.32. The normalized spacial score (nSPS) is 44.9. The van der Waals surface area contributed by atoms with Crippen LogP contribution in [0.4, 0.5) is 0 Å². The van der Waals surface area contributed by atoms with Gasteiger partial charge in [-0.05, 0) is 43.4 Å². The highest BCUT2D eigenvalue weighted by atomic mass is 16.2. The molecular formula is C15H28N2O. The summed E-state index contributed by atoms with van der Waals surface area (Å²) in [5.74, 6) is 2.06. The van der Waals surface area contributed by atoms with Crippen molar-refractivity contribution >= 4 is 5.91 Å². The first-order valence-electron chi connectivity index (χ1n) is 7.56. The zero-order valence-electron chi connectivity index (χ0n) is 12.0. The van der Waals surface area contributed by atoms with E-state index in [9.17, 15) is 4.79 Å². The zero-order chi connectivity index (χ0) is 13.3. The first-order valence-corrected chi connectivity index (χ1v) is 7.56. The van der Waals surface area contributed by atoms with E-state index in [0.29, 0.717) is 17.9 Å². The van der Waals surface area contributed by atoms with Crippen LogP contribution in [0.5, 0.6) is 0 Å². The van der Waals surface area contributed by atoms with Crippen LogP contribution < -0.4 is 11.1 Å². The van der Waals surface area contributed by atoms with E-state index in [1.807, 2.05) is 0 Å². The van der Waals surface area contributed by atoms with E-state index in [0.717, 1.165) is 25.2 Å². The molecule has 1 amide bonds. The lowest BCUT2D eigenvalue weighted by molar-refractivity contribution is -0.128. The molecule has 0 aromatic rings. The Morgan fingerprint density at radius 1 is 1.06 bits per heavy atom. The second kappa shape index (κ2) is 5.60. The van der Waals surface area contributed by atoms with Crippen molar-refractivity contribution in [3.05, 3.63) is 0 Å². The van der Waals surface area contributed by atoms with E-state index in [-0.39, 0.29) is 17.9 Å². The van der Waals surface area contributed by atoms with Crippen LogP contribution in [0.3, 0.4) is 0 Å². The average molecular weight is 252 g/mol. The Bertz CT molecular complexity index is 305. The molecule has 0 aliphatic heterocycles. The van der Waals surface area contributed by atoms with Gasteiger partial charge in [0, 0.05) is 12.1 Å². The SMILES string of the molecule is CC1CCC(NC(=O)C2CCCC(C)C2N)C1C. The van der Waals surface area contributed by atoms with Gasteiger partial charge in [0.05, 0.1) is 5.92 Å². The minimum atomic E-state index is 0.0388. The van der Waals surface area contributed by atoms with Crippen LogP contribution in [-0.2, 0) is 4.79 Å². The van der Waals surface area contributed by atoms with E-state index in [4.69, 9.17) is 5.73 Å². The second-order valence-corrected chi connectivity index (χ2v) is 6.62. The number of nitrogens with one attached hydrogen (secondary N) is 1. The Kier molecular flexibility index (Phi) is 4.31. The molecule has 0 aromatic heterocycles. The lowest BCUT2D eigenvalue weighted by Gasteiger charge is -2.34. The summed E-state index contributed by atoms with van der Waals surface area (Å²) < 4.78 is 0. The molecule has 2 aliphatic carbocycles. The van der Waals surface area contributed by atoms with Crippen molar-refractivity contribution in [2.75, 3.05) is 0 Å². The third kappa shape index (κ3) is 2.71. The number of carbonyl (C=O) groups is 1. The van der Waals surface area contributed by atoms with Gasteiger partial charge in [-0.2, -0.15) is 0 Å². The Balaban J connectivity index is 1.91. The summed E-state index contributed by atoms with van der Waals surface area (Å²) in [5.41, 5.74) is 6.20. The largest absolute Gasteiger partial charge is 0.353 e. The molecule has 104 valence electrons. The fourth-order valence-electron chi connectivity index (χ4n) is 3.61. The van der Waals surface area contributed by atoms with Crippen molar-refractivity contribution in [1.82, 2.24) is 5.32 Å². The minimum absolute atomic E-state index is 0.0388. The smallest absolute Gasteiger partial charge is 0.224 e. The zero-order valence-corrected chi connectivity index (χ0v) is 12.0. The van der Waals surface area contributed by atoms with E-state index in [2.05, 4.69) is 26.1 Å². The van der Waals surface area contributed by atoms with Crippen LogP contribution in [0.25, 0.3) is 0 Å². The maximum absolute atomic E-state index is 12.4. The van der Waals surface area contributed by atoms with Gasteiger partial charge in [-0.25, -0.2) is 0 Å². The standard InChI is InChI=1S/C15H28N2O/c1-9-7-8-13(11(9)3)17-15(18)12-6-4-5-10(2)14(12)16/h9-14H,4-8,16H2,1-3H3,(H,17,18).